The Kier molecular flexibility index (Phi) is 11.6. The number of esters is 2. The van der Waals surface area contributed by atoms with E-state index in [0.29, 0.717) is 42.2 Å². The van der Waals surface area contributed by atoms with E-state index < -0.39 is 18.0 Å². The fourth-order valence-electron chi connectivity index (χ4n) is 5.49. The number of methoxy groups -OCH3 is 1. The smallest absolute Gasteiger partial charge is 0.339 e. The number of nitrogens with one attached hydrogen (secondary N) is 1. The predicted molar refractivity (Wildman–Crippen MR) is 189 cm³/mol. The van der Waals surface area contributed by atoms with Crippen LogP contribution >= 0.6 is 22.9 Å². The average molecular weight is 701 g/mol. The number of unbranched alkanes of at least 4 members (excludes halogenated alkanes) is 2. The molecule has 5 rings (SSSR count). The normalized spacial score (nSPS) is 13.3. The summed E-state index contributed by atoms with van der Waals surface area (Å²) in [5, 5.41) is 13.4. The van der Waals surface area contributed by atoms with E-state index in [0.717, 1.165) is 33.2 Å². The van der Waals surface area contributed by atoms with Crippen molar-refractivity contribution in [3.8, 4) is 22.6 Å². The van der Waals surface area contributed by atoms with E-state index in [1.807, 2.05) is 35.8 Å². The Balaban J connectivity index is 1.17. The second-order valence-corrected chi connectivity index (χ2v) is 13.1. The summed E-state index contributed by atoms with van der Waals surface area (Å²) in [6, 6.07) is 11.6. The molecule has 0 aliphatic carbocycles. The molecule has 1 atom stereocenters. The first kappa shape index (κ1) is 35.5. The van der Waals surface area contributed by atoms with Crippen LogP contribution in [0.15, 0.2) is 47.5 Å². The minimum atomic E-state index is -0.551. The number of aliphatic imine (C=N–C) groups is 1. The highest BCUT2D eigenvalue weighted by atomic mass is 35.5. The Morgan fingerprint density at radius 1 is 1.06 bits per heavy atom. The second-order valence-electron chi connectivity index (χ2n) is 11.4. The second kappa shape index (κ2) is 16.0. The molecule has 254 valence electrons. The van der Waals surface area contributed by atoms with Gasteiger partial charge in [-0.05, 0) is 69.5 Å². The molecule has 0 bridgehead atoms. The molecule has 2 aromatic carbocycles. The van der Waals surface area contributed by atoms with Crippen molar-refractivity contribution in [2.24, 2.45) is 10.7 Å². The van der Waals surface area contributed by atoms with Gasteiger partial charge in [0.2, 0.25) is 5.91 Å². The van der Waals surface area contributed by atoms with Gasteiger partial charge in [-0.25, -0.2) is 4.79 Å². The van der Waals surface area contributed by atoms with Gasteiger partial charge in [-0.15, -0.1) is 21.5 Å². The molecule has 1 aliphatic rings. The molecule has 11 nitrogen and oxygen atoms in total. The first-order valence-electron chi connectivity index (χ1n) is 15.9. The van der Waals surface area contributed by atoms with Crippen LogP contribution in [0.25, 0.3) is 5.00 Å². The number of aryl methyl sites for hydroxylation is 2. The van der Waals surface area contributed by atoms with Gasteiger partial charge in [0.05, 0.1) is 31.4 Å². The Hall–Kier alpha value is -4.83. The SMILES string of the molecule is COC(=O)c1ccc(OC(=O)CCCCCNC(=O)C[C@@H]2N=C(c3ccc(Cl)cc3)c3c(sc(C)c3C)-n3c(C)nnc32)cc1C#CCN. The summed E-state index contributed by atoms with van der Waals surface area (Å²) in [6.07, 6.45) is 2.26. The molecule has 0 fully saturated rings. The minimum Gasteiger partial charge on any atom is -0.465 e. The van der Waals surface area contributed by atoms with E-state index in [2.05, 4.69) is 41.2 Å². The van der Waals surface area contributed by atoms with Gasteiger partial charge < -0.3 is 20.5 Å². The van der Waals surface area contributed by atoms with Gasteiger partial charge in [0.15, 0.2) is 5.82 Å². The topological polar surface area (TPSA) is 151 Å². The number of nitrogens with two attached hydrogens (primary N) is 1. The Bertz CT molecular complexity index is 1970. The van der Waals surface area contributed by atoms with Gasteiger partial charge >= 0.3 is 11.9 Å². The van der Waals surface area contributed by atoms with Crippen molar-refractivity contribution >= 4 is 46.5 Å². The van der Waals surface area contributed by atoms with E-state index >= 15 is 0 Å². The molecule has 3 heterocycles. The first-order valence-corrected chi connectivity index (χ1v) is 17.1. The third kappa shape index (κ3) is 8.25. The number of amides is 1. The Morgan fingerprint density at radius 2 is 1.84 bits per heavy atom. The molecular formula is C36H37ClN6O5S. The molecule has 0 unspecified atom stereocenters. The van der Waals surface area contributed by atoms with Crippen LogP contribution in [0.2, 0.25) is 5.02 Å². The number of carbonyl (C=O) groups is 3. The molecule has 0 saturated heterocycles. The highest BCUT2D eigenvalue weighted by Crippen LogP contribution is 2.39. The average Bonchev–Trinajstić information content (AvgIpc) is 3.57. The van der Waals surface area contributed by atoms with Crippen molar-refractivity contribution < 1.29 is 23.9 Å². The summed E-state index contributed by atoms with van der Waals surface area (Å²) >= 11 is 7.86. The number of thiophene rings is 1. The van der Waals surface area contributed by atoms with Gasteiger partial charge in [-0.2, -0.15) is 0 Å². The zero-order chi connectivity index (χ0) is 35.1. The lowest BCUT2D eigenvalue weighted by Crippen LogP contribution is -2.26. The predicted octanol–water partition coefficient (Wildman–Crippen LogP) is 5.57. The lowest BCUT2D eigenvalue weighted by molar-refractivity contribution is -0.134. The number of fused-ring (bicyclic) bond motifs is 3. The van der Waals surface area contributed by atoms with E-state index in [1.54, 1.807) is 11.3 Å². The van der Waals surface area contributed by atoms with Crippen LogP contribution in [-0.2, 0) is 14.3 Å². The standard InChI is InChI=1S/C36H37ClN6O5S/c1-21-22(2)49-35-32(21)33(24-11-13-26(37)14-12-24)40-29(34-42-41-23(3)43(34)35)20-30(44)39-18-7-5-6-10-31(45)48-27-15-16-28(36(46)47-4)25(19-27)9-8-17-38/h11-16,19,29H,5-7,10,17-18,20,38H2,1-4H3,(H,39,44)/t29-/m0/s1. The minimum absolute atomic E-state index is 0.0981. The maximum atomic E-state index is 13.2. The molecule has 1 amide bonds. The maximum absolute atomic E-state index is 13.2. The number of rotatable bonds is 11. The number of benzene rings is 2. The molecule has 13 heteroatoms. The quantitative estimate of drug-likeness (QED) is 0.0893. The summed E-state index contributed by atoms with van der Waals surface area (Å²) in [5.74, 6) is 6.03. The third-order valence-electron chi connectivity index (χ3n) is 8.07. The van der Waals surface area contributed by atoms with Crippen molar-refractivity contribution in [1.82, 2.24) is 20.1 Å². The molecule has 0 saturated carbocycles. The summed E-state index contributed by atoms with van der Waals surface area (Å²) in [4.78, 5) is 44.0. The van der Waals surface area contributed by atoms with Crippen molar-refractivity contribution in [3.05, 3.63) is 91.8 Å². The number of aromatic nitrogens is 3. The third-order valence-corrected chi connectivity index (χ3v) is 9.51. The first-order chi connectivity index (χ1) is 23.6. The van der Waals surface area contributed by atoms with Crippen LogP contribution in [0.4, 0.5) is 0 Å². The lowest BCUT2D eigenvalue weighted by Gasteiger charge is -2.13. The van der Waals surface area contributed by atoms with Gasteiger partial charge in [0, 0.05) is 39.6 Å². The molecule has 3 N–H and O–H groups in total. The van der Waals surface area contributed by atoms with Crippen LogP contribution in [0.1, 0.15) is 87.3 Å². The largest absolute Gasteiger partial charge is 0.465 e. The molecule has 49 heavy (non-hydrogen) atoms. The summed E-state index contributed by atoms with van der Waals surface area (Å²) in [7, 11) is 1.28. The molecule has 0 spiro atoms. The highest BCUT2D eigenvalue weighted by molar-refractivity contribution is 7.15. The van der Waals surface area contributed by atoms with Gasteiger partial charge in [0.1, 0.15) is 22.6 Å². The number of hydrogen-bond donors (Lipinski definition) is 2. The summed E-state index contributed by atoms with van der Waals surface area (Å²) in [6.45, 7) is 6.64. The zero-order valence-corrected chi connectivity index (χ0v) is 29.3. The van der Waals surface area contributed by atoms with Gasteiger partial charge in [0.25, 0.3) is 0 Å². The van der Waals surface area contributed by atoms with E-state index in [-0.39, 0.29) is 36.6 Å². The number of halogens is 1. The fraction of sp³-hybridized carbons (Fsp3) is 0.333. The summed E-state index contributed by atoms with van der Waals surface area (Å²) < 4.78 is 12.3. The molecule has 1 aliphatic heterocycles. The molecule has 2 aromatic heterocycles. The van der Waals surface area contributed by atoms with Crippen LogP contribution in [0.3, 0.4) is 0 Å². The van der Waals surface area contributed by atoms with E-state index in [4.69, 9.17) is 31.8 Å². The fourth-order valence-corrected chi connectivity index (χ4v) is 6.83. The lowest BCUT2D eigenvalue weighted by atomic mass is 9.99. The van der Waals surface area contributed by atoms with Crippen molar-refractivity contribution in [2.45, 2.75) is 58.9 Å². The van der Waals surface area contributed by atoms with Crippen molar-refractivity contribution in [3.63, 3.8) is 0 Å². The highest BCUT2D eigenvalue weighted by Gasteiger charge is 2.32. The number of ether oxygens (including phenoxy) is 2. The number of carbonyl (C=O) groups excluding carboxylic acids is 3. The van der Waals surface area contributed by atoms with Crippen LogP contribution in [0, 0.1) is 32.6 Å². The van der Waals surface area contributed by atoms with Crippen LogP contribution in [0.5, 0.6) is 5.75 Å². The van der Waals surface area contributed by atoms with E-state index in [9.17, 15) is 14.4 Å². The van der Waals surface area contributed by atoms with Gasteiger partial charge in [-0.3, -0.25) is 19.1 Å². The van der Waals surface area contributed by atoms with Crippen molar-refractivity contribution in [1.29, 1.82) is 0 Å². The molecule has 4 aromatic rings. The van der Waals surface area contributed by atoms with Gasteiger partial charge in [-0.1, -0.05) is 42.0 Å². The van der Waals surface area contributed by atoms with Crippen LogP contribution < -0.4 is 15.8 Å². The summed E-state index contributed by atoms with van der Waals surface area (Å²) in [5.41, 5.74) is 9.92. The van der Waals surface area contributed by atoms with Crippen molar-refractivity contribution in [2.75, 3.05) is 20.2 Å². The maximum Gasteiger partial charge on any atom is 0.339 e. The zero-order valence-electron chi connectivity index (χ0n) is 27.8. The number of nitrogens with zero attached hydrogens (tertiary/aromatic N) is 4. The molecule has 0 radical (unpaired) electrons. The Labute approximate surface area is 293 Å². The van der Waals surface area contributed by atoms with E-state index in [1.165, 1.54) is 30.2 Å². The molecular weight excluding hydrogens is 664 g/mol. The van der Waals surface area contributed by atoms with Crippen LogP contribution in [-0.4, -0.2) is 58.5 Å². The monoisotopic (exact) mass is 700 g/mol. The number of hydrogen-bond acceptors (Lipinski definition) is 10. The Morgan fingerprint density at radius 3 is 2.57 bits per heavy atom.